The van der Waals surface area contributed by atoms with E-state index in [1.807, 2.05) is 31.2 Å². The third-order valence-corrected chi connectivity index (χ3v) is 5.78. The number of aliphatic hydroxyl groups is 1. The molecule has 0 aliphatic carbocycles. The summed E-state index contributed by atoms with van der Waals surface area (Å²) in [5.41, 5.74) is 1.57. The lowest BCUT2D eigenvalue weighted by Crippen LogP contribution is -2.20. The lowest BCUT2D eigenvalue weighted by atomic mass is 9.78. The Balaban J connectivity index is 2.19. The van der Waals surface area contributed by atoms with E-state index in [4.69, 9.17) is 44.3 Å². The van der Waals surface area contributed by atoms with Crippen LogP contribution >= 0.6 is 34.8 Å². The van der Waals surface area contributed by atoms with E-state index in [1.165, 1.54) is 0 Å². The van der Waals surface area contributed by atoms with Gasteiger partial charge in [0.1, 0.15) is 25.1 Å². The van der Waals surface area contributed by atoms with Crippen molar-refractivity contribution in [3.8, 4) is 11.5 Å². The largest absolute Gasteiger partial charge is 0.491 e. The van der Waals surface area contributed by atoms with Crippen molar-refractivity contribution >= 4 is 34.8 Å². The molecule has 0 aromatic heterocycles. The normalized spacial score (nSPS) is 13.8. The Labute approximate surface area is 186 Å². The summed E-state index contributed by atoms with van der Waals surface area (Å²) in [6.45, 7) is 5.62. The van der Waals surface area contributed by atoms with Crippen LogP contribution in [0.25, 0.3) is 0 Å². The van der Waals surface area contributed by atoms with Gasteiger partial charge in [0, 0.05) is 17.2 Å². The quantitative estimate of drug-likeness (QED) is 0.421. The summed E-state index contributed by atoms with van der Waals surface area (Å²) in [7, 11) is 0. The van der Waals surface area contributed by atoms with Crippen molar-refractivity contribution < 1.29 is 19.0 Å². The van der Waals surface area contributed by atoms with Gasteiger partial charge >= 0.3 is 0 Å². The molecule has 2 atom stereocenters. The summed E-state index contributed by atoms with van der Waals surface area (Å²) in [4.78, 5) is 0. The smallest absolute Gasteiger partial charge is 0.156 e. The van der Waals surface area contributed by atoms with Crippen molar-refractivity contribution in [1.29, 1.82) is 0 Å². The molecular weight excluding hydrogens is 438 g/mol. The molecule has 29 heavy (non-hydrogen) atoms. The van der Waals surface area contributed by atoms with Crippen molar-refractivity contribution in [3.63, 3.8) is 0 Å². The molecule has 0 saturated heterocycles. The number of hydrogen-bond donors (Lipinski definition) is 1. The molecule has 2 rings (SSSR count). The van der Waals surface area contributed by atoms with E-state index in [-0.39, 0.29) is 17.9 Å². The van der Waals surface area contributed by atoms with E-state index in [0.717, 1.165) is 11.1 Å². The summed E-state index contributed by atoms with van der Waals surface area (Å²) in [5, 5.41) is 10.2. The van der Waals surface area contributed by atoms with Crippen LogP contribution in [-0.4, -0.2) is 37.0 Å². The molecule has 0 fully saturated rings. The highest BCUT2D eigenvalue weighted by Gasteiger charge is 2.26. The maximum atomic E-state index is 12.3. The molecule has 0 saturated carbocycles. The number of halogens is 4. The van der Waals surface area contributed by atoms with E-state index < -0.39 is 12.8 Å². The third-order valence-electron chi connectivity index (χ3n) is 4.69. The predicted molar refractivity (Wildman–Crippen MR) is 118 cm³/mol. The molecule has 0 aliphatic heterocycles. The Morgan fingerprint density at radius 2 is 1.59 bits per heavy atom. The van der Waals surface area contributed by atoms with E-state index in [9.17, 15) is 9.50 Å². The Morgan fingerprint density at radius 1 is 1.00 bits per heavy atom. The van der Waals surface area contributed by atoms with Gasteiger partial charge in [-0.05, 0) is 35.4 Å². The van der Waals surface area contributed by atoms with Crippen molar-refractivity contribution in [3.05, 3.63) is 57.6 Å². The van der Waals surface area contributed by atoms with Crippen LogP contribution in [0.4, 0.5) is 4.39 Å². The van der Waals surface area contributed by atoms with Crippen LogP contribution in [0.15, 0.2) is 36.4 Å². The standard InChI is InChI=1S/C22H26Cl3FO3/c1-14(10-23)12-29-21-19(24)8-16(9-20(21)25)22(2,3)15-4-6-18(7-5-15)28-13-17(27)11-26/h4-9,14,17,27H,10-13H2,1-3H3/t14-,17-/m0/s1. The van der Waals surface area contributed by atoms with Crippen LogP contribution in [0.1, 0.15) is 31.9 Å². The summed E-state index contributed by atoms with van der Waals surface area (Å²) in [6, 6.07) is 11.1. The van der Waals surface area contributed by atoms with Gasteiger partial charge in [0.25, 0.3) is 0 Å². The topological polar surface area (TPSA) is 38.7 Å². The Kier molecular flexibility index (Phi) is 8.90. The molecule has 2 aromatic rings. The lowest BCUT2D eigenvalue weighted by Gasteiger charge is -2.27. The second-order valence-corrected chi connectivity index (χ2v) is 8.73. The first-order valence-corrected chi connectivity index (χ1v) is 10.6. The van der Waals surface area contributed by atoms with Crippen LogP contribution in [0.3, 0.4) is 0 Å². The van der Waals surface area contributed by atoms with E-state index in [1.54, 1.807) is 12.1 Å². The minimum absolute atomic E-state index is 0.0890. The van der Waals surface area contributed by atoms with Gasteiger partial charge in [0.2, 0.25) is 0 Å². The fourth-order valence-electron chi connectivity index (χ4n) is 2.70. The highest BCUT2D eigenvalue weighted by molar-refractivity contribution is 6.37. The fraction of sp³-hybridized carbons (Fsp3) is 0.455. The first-order chi connectivity index (χ1) is 13.7. The summed E-state index contributed by atoms with van der Waals surface area (Å²) in [5.74, 6) is 1.70. The zero-order valence-electron chi connectivity index (χ0n) is 16.7. The number of benzene rings is 2. The average Bonchev–Trinajstić information content (AvgIpc) is 2.71. The van der Waals surface area contributed by atoms with Gasteiger partial charge in [-0.2, -0.15) is 0 Å². The van der Waals surface area contributed by atoms with Crippen LogP contribution < -0.4 is 9.47 Å². The molecule has 0 amide bonds. The molecule has 160 valence electrons. The Bertz CT molecular complexity index is 773. The predicted octanol–water partition coefficient (Wildman–Crippen LogP) is 6.28. The molecule has 2 aromatic carbocycles. The minimum Gasteiger partial charge on any atom is -0.491 e. The minimum atomic E-state index is -1.12. The average molecular weight is 464 g/mol. The van der Waals surface area contributed by atoms with Gasteiger partial charge in [-0.1, -0.05) is 56.1 Å². The number of rotatable bonds is 10. The molecule has 3 nitrogen and oxygen atoms in total. The summed E-state index contributed by atoms with van der Waals surface area (Å²) >= 11 is 18.7. The fourth-order valence-corrected chi connectivity index (χ4v) is 3.39. The van der Waals surface area contributed by atoms with Crippen LogP contribution in [0.5, 0.6) is 11.5 Å². The maximum Gasteiger partial charge on any atom is 0.156 e. The molecule has 0 spiro atoms. The first-order valence-electron chi connectivity index (χ1n) is 9.34. The van der Waals surface area contributed by atoms with Crippen LogP contribution in [0.2, 0.25) is 10.0 Å². The van der Waals surface area contributed by atoms with Crippen molar-refractivity contribution in [1.82, 2.24) is 0 Å². The number of hydrogen-bond acceptors (Lipinski definition) is 3. The second kappa shape index (κ2) is 10.7. The number of ether oxygens (including phenoxy) is 2. The molecule has 0 heterocycles. The Hall–Kier alpha value is -1.20. The van der Waals surface area contributed by atoms with E-state index in [2.05, 4.69) is 13.8 Å². The summed E-state index contributed by atoms with van der Waals surface area (Å²) in [6.07, 6.45) is -1.12. The zero-order valence-corrected chi connectivity index (χ0v) is 19.0. The van der Waals surface area contributed by atoms with Gasteiger partial charge in [-0.3, -0.25) is 0 Å². The monoisotopic (exact) mass is 462 g/mol. The van der Waals surface area contributed by atoms with E-state index in [0.29, 0.717) is 34.0 Å². The first kappa shape index (κ1) is 24.1. The molecule has 0 radical (unpaired) electrons. The number of alkyl halides is 2. The zero-order chi connectivity index (χ0) is 21.6. The molecule has 0 bridgehead atoms. The maximum absolute atomic E-state index is 12.3. The SMILES string of the molecule is C[C@@H](CCl)COc1c(Cl)cc(C(C)(C)c2ccc(OC[C@@H](O)CF)cc2)cc1Cl. The van der Waals surface area contributed by atoms with Gasteiger partial charge in [-0.25, -0.2) is 4.39 Å². The van der Waals surface area contributed by atoms with Crippen LogP contribution in [-0.2, 0) is 5.41 Å². The van der Waals surface area contributed by atoms with Crippen LogP contribution in [0, 0.1) is 5.92 Å². The van der Waals surface area contributed by atoms with Crippen molar-refractivity contribution in [2.24, 2.45) is 5.92 Å². The molecule has 0 unspecified atom stereocenters. The number of aliphatic hydroxyl groups excluding tert-OH is 1. The molecule has 0 aliphatic rings. The third kappa shape index (κ3) is 6.39. The lowest BCUT2D eigenvalue weighted by molar-refractivity contribution is 0.0842. The second-order valence-electron chi connectivity index (χ2n) is 7.61. The van der Waals surface area contributed by atoms with Gasteiger partial charge in [0.05, 0.1) is 16.7 Å². The van der Waals surface area contributed by atoms with Crippen molar-refractivity contribution in [2.45, 2.75) is 32.3 Å². The Morgan fingerprint density at radius 3 is 2.10 bits per heavy atom. The summed E-state index contributed by atoms with van der Waals surface area (Å²) < 4.78 is 23.5. The van der Waals surface area contributed by atoms with Gasteiger partial charge in [0.15, 0.2) is 5.75 Å². The highest BCUT2D eigenvalue weighted by atomic mass is 35.5. The molecular formula is C22H26Cl3FO3. The highest BCUT2D eigenvalue weighted by Crippen LogP contribution is 2.40. The van der Waals surface area contributed by atoms with Gasteiger partial charge < -0.3 is 14.6 Å². The molecule has 1 N–H and O–H groups in total. The van der Waals surface area contributed by atoms with Crippen molar-refractivity contribution in [2.75, 3.05) is 25.8 Å². The van der Waals surface area contributed by atoms with E-state index >= 15 is 0 Å². The van der Waals surface area contributed by atoms with Gasteiger partial charge in [-0.15, -0.1) is 11.6 Å². The molecule has 7 heteroatoms.